The van der Waals surface area contributed by atoms with E-state index in [2.05, 4.69) is 27.1 Å². The number of fused-ring (bicyclic) bond motifs is 1. The van der Waals surface area contributed by atoms with Crippen LogP contribution in [0, 0.1) is 6.92 Å². The molecule has 0 aliphatic carbocycles. The molecule has 1 aromatic carbocycles. The number of aryl methyl sites for hydroxylation is 1. The monoisotopic (exact) mass is 267 g/mol. The van der Waals surface area contributed by atoms with E-state index in [9.17, 15) is 0 Å². The number of nitrogens with zero attached hydrogens (tertiary/aromatic N) is 2. The van der Waals surface area contributed by atoms with Gasteiger partial charge in [-0.1, -0.05) is 22.0 Å². The van der Waals surface area contributed by atoms with Gasteiger partial charge in [0.2, 0.25) is 0 Å². The van der Waals surface area contributed by atoms with Crippen molar-refractivity contribution in [3.63, 3.8) is 0 Å². The molecule has 1 aromatic heterocycles. The van der Waals surface area contributed by atoms with Crippen molar-refractivity contribution in [2.24, 2.45) is 5.73 Å². The molecular formula is C11H14BrN3. The van der Waals surface area contributed by atoms with Gasteiger partial charge in [0, 0.05) is 15.9 Å². The second kappa shape index (κ2) is 3.94. The average molecular weight is 268 g/mol. The molecule has 1 atom stereocenters. The van der Waals surface area contributed by atoms with E-state index in [1.807, 2.05) is 30.7 Å². The molecule has 0 aliphatic rings. The Balaban J connectivity index is 2.63. The first-order valence-corrected chi connectivity index (χ1v) is 5.76. The van der Waals surface area contributed by atoms with Gasteiger partial charge in [0.15, 0.2) is 0 Å². The summed E-state index contributed by atoms with van der Waals surface area (Å²) in [6.07, 6.45) is 0. The summed E-state index contributed by atoms with van der Waals surface area (Å²) in [5.74, 6) is 0. The predicted octanol–water partition coefficient (Wildman–Crippen LogP) is 2.45. The molecule has 0 saturated carbocycles. The van der Waals surface area contributed by atoms with E-state index in [1.54, 1.807) is 0 Å². The highest BCUT2D eigenvalue weighted by Crippen LogP contribution is 2.26. The molecule has 15 heavy (non-hydrogen) atoms. The zero-order valence-corrected chi connectivity index (χ0v) is 10.5. The van der Waals surface area contributed by atoms with Crippen LogP contribution in [0.4, 0.5) is 0 Å². The minimum absolute atomic E-state index is 0.117. The average Bonchev–Trinajstić information content (AvgIpc) is 2.44. The van der Waals surface area contributed by atoms with Gasteiger partial charge in [-0.15, -0.1) is 0 Å². The molecular weight excluding hydrogens is 254 g/mol. The van der Waals surface area contributed by atoms with Gasteiger partial charge in [-0.25, -0.2) is 0 Å². The number of aromatic nitrogens is 2. The maximum absolute atomic E-state index is 5.79. The fourth-order valence-electron chi connectivity index (χ4n) is 1.78. The largest absolute Gasteiger partial charge is 0.326 e. The summed E-state index contributed by atoms with van der Waals surface area (Å²) < 4.78 is 3.06. The summed E-state index contributed by atoms with van der Waals surface area (Å²) in [6, 6.07) is 6.24. The van der Waals surface area contributed by atoms with Gasteiger partial charge in [0.05, 0.1) is 17.8 Å². The van der Waals surface area contributed by atoms with Crippen LogP contribution in [0.5, 0.6) is 0 Å². The number of halogens is 1. The molecule has 0 amide bonds. The molecule has 2 N–H and O–H groups in total. The fraction of sp³-hybridized carbons (Fsp3) is 0.364. The molecule has 0 aliphatic heterocycles. The highest BCUT2D eigenvalue weighted by atomic mass is 79.9. The fourth-order valence-corrected chi connectivity index (χ4v) is 2.43. The highest BCUT2D eigenvalue weighted by molar-refractivity contribution is 9.10. The van der Waals surface area contributed by atoms with Crippen molar-refractivity contribution in [2.45, 2.75) is 26.4 Å². The molecule has 0 spiro atoms. The van der Waals surface area contributed by atoms with E-state index < -0.39 is 0 Å². The normalized spacial score (nSPS) is 13.3. The van der Waals surface area contributed by atoms with Crippen LogP contribution in [0.3, 0.4) is 0 Å². The van der Waals surface area contributed by atoms with Crippen LogP contribution in [-0.4, -0.2) is 15.8 Å². The number of hydrogen-bond acceptors (Lipinski definition) is 2. The van der Waals surface area contributed by atoms with Crippen molar-refractivity contribution in [2.75, 3.05) is 0 Å². The summed E-state index contributed by atoms with van der Waals surface area (Å²) in [4.78, 5) is 0. The minimum Gasteiger partial charge on any atom is -0.326 e. The van der Waals surface area contributed by atoms with E-state index in [0.29, 0.717) is 0 Å². The lowest BCUT2D eigenvalue weighted by atomic mass is 10.2. The summed E-state index contributed by atoms with van der Waals surface area (Å²) in [6.45, 7) is 4.76. The molecule has 0 fully saturated rings. The summed E-state index contributed by atoms with van der Waals surface area (Å²) >= 11 is 3.54. The molecule has 0 radical (unpaired) electrons. The Morgan fingerprint density at radius 2 is 2.27 bits per heavy atom. The van der Waals surface area contributed by atoms with Crippen molar-refractivity contribution in [1.29, 1.82) is 0 Å². The van der Waals surface area contributed by atoms with Gasteiger partial charge in [-0.3, -0.25) is 4.68 Å². The van der Waals surface area contributed by atoms with Crippen LogP contribution < -0.4 is 5.73 Å². The third-order valence-electron chi connectivity index (χ3n) is 2.36. The van der Waals surface area contributed by atoms with Gasteiger partial charge < -0.3 is 5.73 Å². The number of benzene rings is 1. The third kappa shape index (κ3) is 1.92. The second-order valence-electron chi connectivity index (χ2n) is 3.88. The lowest BCUT2D eigenvalue weighted by Gasteiger charge is -2.06. The van der Waals surface area contributed by atoms with E-state index in [0.717, 1.165) is 22.2 Å². The van der Waals surface area contributed by atoms with Crippen molar-refractivity contribution in [3.8, 4) is 0 Å². The standard InChI is InChI=1S/C11H14BrN3/c1-7(13)6-15-10-5-3-4-9(12)11(10)8(2)14-15/h3-5,7H,6,13H2,1-2H3. The maximum atomic E-state index is 5.79. The van der Waals surface area contributed by atoms with Crippen molar-refractivity contribution >= 4 is 26.8 Å². The second-order valence-corrected chi connectivity index (χ2v) is 4.73. The summed E-state index contributed by atoms with van der Waals surface area (Å²) in [7, 11) is 0. The first-order chi connectivity index (χ1) is 7.09. The van der Waals surface area contributed by atoms with Crippen LogP contribution in [0.15, 0.2) is 22.7 Å². The number of rotatable bonds is 2. The Hall–Kier alpha value is -0.870. The molecule has 4 heteroatoms. The molecule has 2 aromatic rings. The Bertz CT molecular complexity index is 488. The Labute approximate surface area is 97.4 Å². The SMILES string of the molecule is Cc1nn(CC(C)N)c2cccc(Br)c12. The van der Waals surface area contributed by atoms with Crippen LogP contribution in [0.25, 0.3) is 10.9 Å². The van der Waals surface area contributed by atoms with E-state index >= 15 is 0 Å². The molecule has 0 saturated heterocycles. The molecule has 3 nitrogen and oxygen atoms in total. The molecule has 80 valence electrons. The predicted molar refractivity (Wildman–Crippen MR) is 65.8 cm³/mol. The van der Waals surface area contributed by atoms with Crippen LogP contribution in [-0.2, 0) is 6.54 Å². The zero-order valence-electron chi connectivity index (χ0n) is 8.87. The van der Waals surface area contributed by atoms with Crippen LogP contribution in [0.2, 0.25) is 0 Å². The molecule has 1 heterocycles. The first kappa shape index (κ1) is 10.6. The van der Waals surface area contributed by atoms with E-state index in [-0.39, 0.29) is 6.04 Å². The number of hydrogen-bond donors (Lipinski definition) is 1. The van der Waals surface area contributed by atoms with Crippen LogP contribution >= 0.6 is 15.9 Å². The number of nitrogens with two attached hydrogens (primary N) is 1. The summed E-state index contributed by atoms with van der Waals surface area (Å²) in [5, 5.41) is 5.68. The first-order valence-electron chi connectivity index (χ1n) is 4.97. The summed E-state index contributed by atoms with van der Waals surface area (Å²) in [5.41, 5.74) is 7.97. The van der Waals surface area contributed by atoms with E-state index in [4.69, 9.17) is 5.73 Å². The lowest BCUT2D eigenvalue weighted by Crippen LogP contribution is -2.22. The Morgan fingerprint density at radius 3 is 2.93 bits per heavy atom. The minimum atomic E-state index is 0.117. The van der Waals surface area contributed by atoms with Gasteiger partial charge in [0.25, 0.3) is 0 Å². The van der Waals surface area contributed by atoms with Crippen LogP contribution in [0.1, 0.15) is 12.6 Å². The molecule has 2 rings (SSSR count). The van der Waals surface area contributed by atoms with Gasteiger partial charge in [-0.2, -0.15) is 5.10 Å². The third-order valence-corrected chi connectivity index (χ3v) is 3.02. The van der Waals surface area contributed by atoms with Gasteiger partial charge in [0.1, 0.15) is 0 Å². The smallest absolute Gasteiger partial charge is 0.0697 e. The van der Waals surface area contributed by atoms with Gasteiger partial charge in [-0.05, 0) is 26.0 Å². The highest BCUT2D eigenvalue weighted by Gasteiger charge is 2.10. The van der Waals surface area contributed by atoms with Crippen molar-refractivity contribution in [3.05, 3.63) is 28.4 Å². The Morgan fingerprint density at radius 1 is 1.53 bits per heavy atom. The van der Waals surface area contributed by atoms with Crippen molar-refractivity contribution < 1.29 is 0 Å². The molecule has 1 unspecified atom stereocenters. The topological polar surface area (TPSA) is 43.8 Å². The lowest BCUT2D eigenvalue weighted by molar-refractivity contribution is 0.550. The van der Waals surface area contributed by atoms with Gasteiger partial charge >= 0.3 is 0 Å². The van der Waals surface area contributed by atoms with E-state index in [1.165, 1.54) is 5.39 Å². The zero-order chi connectivity index (χ0) is 11.0. The maximum Gasteiger partial charge on any atom is 0.0697 e. The molecule has 0 bridgehead atoms. The Kier molecular flexibility index (Phi) is 2.80. The quantitative estimate of drug-likeness (QED) is 0.909. The van der Waals surface area contributed by atoms with Crippen molar-refractivity contribution in [1.82, 2.24) is 9.78 Å².